The van der Waals surface area contributed by atoms with Crippen LogP contribution in [0.5, 0.6) is 5.75 Å². The number of hydrogen-bond donors (Lipinski definition) is 1. The number of benzene rings is 3. The normalized spacial score (nSPS) is 10.0. The lowest BCUT2D eigenvalue weighted by molar-refractivity contribution is 0.101. The van der Waals surface area contributed by atoms with Crippen LogP contribution in [0, 0.1) is 11.8 Å². The van der Waals surface area contributed by atoms with Gasteiger partial charge >= 0.3 is 0 Å². The SMILES string of the molecule is CC(=O)c1cc(C#Cc2cccc3ccccc23)ccc1O. The smallest absolute Gasteiger partial charge is 0.163 e. The molecule has 3 aromatic carbocycles. The number of aromatic hydroxyl groups is 1. The molecular formula is C20H14O2. The van der Waals surface area contributed by atoms with Crippen molar-refractivity contribution in [1.29, 1.82) is 0 Å². The van der Waals surface area contributed by atoms with Crippen LogP contribution in [-0.4, -0.2) is 10.9 Å². The van der Waals surface area contributed by atoms with Crippen molar-refractivity contribution in [3.8, 4) is 17.6 Å². The first-order chi connectivity index (χ1) is 10.6. The minimum atomic E-state index is -0.175. The molecule has 3 aromatic rings. The van der Waals surface area contributed by atoms with Crippen molar-refractivity contribution in [1.82, 2.24) is 0 Å². The molecule has 0 fully saturated rings. The van der Waals surface area contributed by atoms with E-state index in [1.54, 1.807) is 12.1 Å². The van der Waals surface area contributed by atoms with Gasteiger partial charge in [-0.3, -0.25) is 4.79 Å². The van der Waals surface area contributed by atoms with E-state index in [-0.39, 0.29) is 11.5 Å². The minimum Gasteiger partial charge on any atom is -0.507 e. The Morgan fingerprint density at radius 1 is 0.955 bits per heavy atom. The molecule has 0 aliphatic heterocycles. The Morgan fingerprint density at radius 3 is 2.55 bits per heavy atom. The van der Waals surface area contributed by atoms with Gasteiger partial charge in [0.2, 0.25) is 0 Å². The van der Waals surface area contributed by atoms with Crippen LogP contribution < -0.4 is 0 Å². The molecule has 2 nitrogen and oxygen atoms in total. The number of rotatable bonds is 1. The number of Topliss-reactive ketones (excluding diaryl/α,β-unsaturated/α-hetero) is 1. The highest BCUT2D eigenvalue weighted by Gasteiger charge is 2.06. The molecule has 0 radical (unpaired) electrons. The summed E-state index contributed by atoms with van der Waals surface area (Å²) >= 11 is 0. The Morgan fingerprint density at radius 2 is 1.73 bits per heavy atom. The molecule has 0 aliphatic rings. The largest absolute Gasteiger partial charge is 0.507 e. The molecule has 0 aliphatic carbocycles. The fourth-order valence-corrected chi connectivity index (χ4v) is 2.37. The Hall–Kier alpha value is -3.05. The number of carbonyl (C=O) groups is 1. The van der Waals surface area contributed by atoms with Gasteiger partial charge in [0.05, 0.1) is 5.56 Å². The molecule has 0 saturated carbocycles. The number of phenols is 1. The van der Waals surface area contributed by atoms with Crippen LogP contribution in [0.25, 0.3) is 10.8 Å². The third-order valence-corrected chi connectivity index (χ3v) is 3.51. The van der Waals surface area contributed by atoms with Crippen LogP contribution in [-0.2, 0) is 0 Å². The van der Waals surface area contributed by atoms with E-state index < -0.39 is 0 Å². The molecule has 0 atom stereocenters. The zero-order chi connectivity index (χ0) is 15.5. The molecule has 0 heterocycles. The predicted molar refractivity (Wildman–Crippen MR) is 88.0 cm³/mol. The fourth-order valence-electron chi connectivity index (χ4n) is 2.37. The Balaban J connectivity index is 2.05. The maximum atomic E-state index is 11.5. The van der Waals surface area contributed by atoms with Gasteiger partial charge in [-0.15, -0.1) is 0 Å². The zero-order valence-corrected chi connectivity index (χ0v) is 12.1. The molecule has 22 heavy (non-hydrogen) atoms. The molecule has 1 N–H and O–H groups in total. The number of fused-ring (bicyclic) bond motifs is 1. The summed E-state index contributed by atoms with van der Waals surface area (Å²) in [5.41, 5.74) is 1.94. The number of hydrogen-bond acceptors (Lipinski definition) is 2. The van der Waals surface area contributed by atoms with Gasteiger partial charge in [-0.2, -0.15) is 0 Å². The van der Waals surface area contributed by atoms with Crippen molar-refractivity contribution in [2.45, 2.75) is 6.92 Å². The Bertz CT molecular complexity index is 922. The highest BCUT2D eigenvalue weighted by Crippen LogP contribution is 2.20. The first-order valence-corrected chi connectivity index (χ1v) is 6.99. The maximum Gasteiger partial charge on any atom is 0.163 e. The van der Waals surface area contributed by atoms with E-state index in [4.69, 9.17) is 0 Å². The summed E-state index contributed by atoms with van der Waals surface area (Å²) in [4.78, 5) is 11.5. The summed E-state index contributed by atoms with van der Waals surface area (Å²) in [5.74, 6) is 6.02. The van der Waals surface area contributed by atoms with Crippen LogP contribution in [0.1, 0.15) is 28.4 Å². The molecule has 0 saturated heterocycles. The third kappa shape index (κ3) is 2.70. The maximum absolute atomic E-state index is 11.5. The lowest BCUT2D eigenvalue weighted by Gasteiger charge is -2.01. The van der Waals surface area contributed by atoms with Crippen molar-refractivity contribution in [3.05, 3.63) is 77.4 Å². The quantitative estimate of drug-likeness (QED) is 0.539. The zero-order valence-electron chi connectivity index (χ0n) is 12.1. The molecule has 0 bridgehead atoms. The molecule has 2 heteroatoms. The van der Waals surface area contributed by atoms with E-state index in [9.17, 15) is 9.90 Å². The number of phenolic OH excluding ortho intramolecular Hbond substituents is 1. The number of carbonyl (C=O) groups excluding carboxylic acids is 1. The van der Waals surface area contributed by atoms with Crippen molar-refractivity contribution in [3.63, 3.8) is 0 Å². The molecule has 3 rings (SSSR count). The van der Waals surface area contributed by atoms with Crippen molar-refractivity contribution in [2.75, 3.05) is 0 Å². The van der Waals surface area contributed by atoms with E-state index in [1.807, 2.05) is 30.3 Å². The van der Waals surface area contributed by atoms with E-state index >= 15 is 0 Å². The molecule has 0 aromatic heterocycles. The first-order valence-electron chi connectivity index (χ1n) is 6.99. The second kappa shape index (κ2) is 5.75. The second-order valence-electron chi connectivity index (χ2n) is 5.06. The topological polar surface area (TPSA) is 37.3 Å². The Kier molecular flexibility index (Phi) is 3.64. The van der Waals surface area contributed by atoms with Crippen molar-refractivity contribution in [2.24, 2.45) is 0 Å². The lowest BCUT2D eigenvalue weighted by atomic mass is 10.0. The van der Waals surface area contributed by atoms with Gasteiger partial charge in [0.1, 0.15) is 5.75 Å². The number of ketones is 1. The summed E-state index contributed by atoms with van der Waals surface area (Å²) in [6.45, 7) is 1.43. The fraction of sp³-hybridized carbons (Fsp3) is 0.0500. The average molecular weight is 286 g/mol. The van der Waals surface area contributed by atoms with E-state index in [1.165, 1.54) is 13.0 Å². The van der Waals surface area contributed by atoms with Gasteiger partial charge in [-0.1, -0.05) is 48.2 Å². The minimum absolute atomic E-state index is 0.0109. The van der Waals surface area contributed by atoms with E-state index in [0.717, 1.165) is 16.3 Å². The Labute approximate surface area is 129 Å². The van der Waals surface area contributed by atoms with Gasteiger partial charge in [0.25, 0.3) is 0 Å². The van der Waals surface area contributed by atoms with Crippen LogP contribution in [0.2, 0.25) is 0 Å². The molecule has 0 amide bonds. The summed E-state index contributed by atoms with van der Waals surface area (Å²) in [7, 11) is 0. The lowest BCUT2D eigenvalue weighted by Crippen LogP contribution is -1.93. The highest BCUT2D eigenvalue weighted by molar-refractivity contribution is 5.97. The van der Waals surface area contributed by atoms with Gasteiger partial charge in [0, 0.05) is 11.1 Å². The third-order valence-electron chi connectivity index (χ3n) is 3.51. The van der Waals surface area contributed by atoms with Gasteiger partial charge < -0.3 is 5.11 Å². The highest BCUT2D eigenvalue weighted by atomic mass is 16.3. The summed E-state index contributed by atoms with van der Waals surface area (Å²) in [6, 6.07) is 18.9. The molecule has 106 valence electrons. The second-order valence-corrected chi connectivity index (χ2v) is 5.06. The van der Waals surface area contributed by atoms with Crippen LogP contribution in [0.4, 0.5) is 0 Å². The van der Waals surface area contributed by atoms with Gasteiger partial charge in [-0.05, 0) is 42.0 Å². The summed E-state index contributed by atoms with van der Waals surface area (Å²) in [6.07, 6.45) is 0. The van der Waals surface area contributed by atoms with Gasteiger partial charge in [-0.25, -0.2) is 0 Å². The molecule has 0 spiro atoms. The standard InChI is InChI=1S/C20H14O2/c1-14(21)19-13-15(10-12-20(19)22)9-11-17-7-4-6-16-5-2-3-8-18(16)17/h2-8,10,12-13,22H,1H3. The predicted octanol–water partition coefficient (Wildman–Crippen LogP) is 4.15. The van der Waals surface area contributed by atoms with Gasteiger partial charge in [0.15, 0.2) is 5.78 Å². The van der Waals surface area contributed by atoms with E-state index in [2.05, 4.69) is 24.0 Å². The van der Waals surface area contributed by atoms with E-state index in [0.29, 0.717) is 11.1 Å². The average Bonchev–Trinajstić information content (AvgIpc) is 2.53. The molecular weight excluding hydrogens is 272 g/mol. The monoisotopic (exact) mass is 286 g/mol. The van der Waals surface area contributed by atoms with Crippen LogP contribution in [0.15, 0.2) is 60.7 Å². The first kappa shape index (κ1) is 13.9. The molecule has 0 unspecified atom stereocenters. The van der Waals surface area contributed by atoms with Crippen LogP contribution in [0.3, 0.4) is 0 Å². The summed E-state index contributed by atoms with van der Waals surface area (Å²) < 4.78 is 0. The summed E-state index contributed by atoms with van der Waals surface area (Å²) in [5, 5.41) is 11.9. The van der Waals surface area contributed by atoms with Crippen LogP contribution >= 0.6 is 0 Å². The van der Waals surface area contributed by atoms with Crippen molar-refractivity contribution < 1.29 is 9.90 Å². The van der Waals surface area contributed by atoms with Crippen molar-refractivity contribution >= 4 is 16.6 Å².